The van der Waals surface area contributed by atoms with Gasteiger partial charge in [0.05, 0.1) is 25.9 Å². The van der Waals surface area contributed by atoms with Gasteiger partial charge in [-0.05, 0) is 43.9 Å². The largest absolute Gasteiger partial charge is 0.493 e. The van der Waals surface area contributed by atoms with Crippen molar-refractivity contribution in [2.45, 2.75) is 32.2 Å². The molecule has 0 spiro atoms. The number of nitrogens with two attached hydrogens (primary N) is 1. The van der Waals surface area contributed by atoms with Gasteiger partial charge in [0, 0.05) is 35.3 Å². The van der Waals surface area contributed by atoms with Crippen molar-refractivity contribution in [3.8, 4) is 5.75 Å². The molecule has 2 heterocycles. The molecule has 1 saturated carbocycles. The molecule has 3 N–H and O–H groups in total. The predicted octanol–water partition coefficient (Wildman–Crippen LogP) is 3.14. The maximum absolute atomic E-state index is 9.46. The van der Waals surface area contributed by atoms with Crippen LogP contribution < -0.4 is 15.4 Å². The number of benzene rings is 1. The van der Waals surface area contributed by atoms with Gasteiger partial charge in [0.2, 0.25) is 5.95 Å². The fourth-order valence-electron chi connectivity index (χ4n) is 3.66. The average molecular weight is 419 g/mol. The summed E-state index contributed by atoms with van der Waals surface area (Å²) in [5.41, 5.74) is 7.60. The molecule has 2 aliphatic rings. The molecule has 2 fully saturated rings. The molecule has 4 rings (SSSR count). The summed E-state index contributed by atoms with van der Waals surface area (Å²) < 4.78 is 11.7. The van der Waals surface area contributed by atoms with Crippen molar-refractivity contribution in [2.24, 2.45) is 5.41 Å². The summed E-state index contributed by atoms with van der Waals surface area (Å²) in [7, 11) is 0. The topological polar surface area (TPSA) is 93.7 Å². The lowest BCUT2D eigenvalue weighted by Gasteiger charge is -2.31. The number of aryl methyl sites for hydroxylation is 1. The summed E-state index contributed by atoms with van der Waals surface area (Å²) in [6, 6.07) is 7.61. The second kappa shape index (κ2) is 8.34. The third-order valence-corrected chi connectivity index (χ3v) is 5.99. The summed E-state index contributed by atoms with van der Waals surface area (Å²) in [4.78, 5) is 10.8. The molecule has 1 atom stereocenters. The van der Waals surface area contributed by atoms with E-state index in [1.54, 1.807) is 0 Å². The van der Waals surface area contributed by atoms with E-state index in [0.717, 1.165) is 42.9 Å². The second-order valence-electron chi connectivity index (χ2n) is 7.99. The molecule has 156 valence electrons. The molecule has 1 aromatic heterocycles. The van der Waals surface area contributed by atoms with Gasteiger partial charge in [-0.1, -0.05) is 17.7 Å². The average Bonchev–Trinajstić information content (AvgIpc) is 3.50. The number of hydrogen-bond donors (Lipinski definition) is 2. The zero-order valence-electron chi connectivity index (χ0n) is 16.6. The van der Waals surface area contributed by atoms with Gasteiger partial charge in [-0.25, -0.2) is 4.98 Å². The molecule has 0 bridgehead atoms. The molecule has 2 aromatic rings. The molecular weight excluding hydrogens is 392 g/mol. The van der Waals surface area contributed by atoms with Crippen LogP contribution in [0, 0.1) is 12.3 Å². The van der Waals surface area contributed by atoms with E-state index in [4.69, 9.17) is 26.8 Å². The highest BCUT2D eigenvalue weighted by Gasteiger charge is 2.43. The fourth-order valence-corrected chi connectivity index (χ4v) is 3.96. The SMILES string of the molecule is Cc1cc(N2CCCOCC2c2ccc(OCC3(CO)CC3)cc2Cl)nc(N)n1. The third kappa shape index (κ3) is 4.57. The first-order valence-electron chi connectivity index (χ1n) is 9.98. The van der Waals surface area contributed by atoms with Crippen molar-refractivity contribution >= 4 is 23.4 Å². The number of anilines is 2. The minimum atomic E-state index is -0.0834. The Hall–Kier alpha value is -2.09. The Labute approximate surface area is 175 Å². The molecule has 1 aliphatic heterocycles. The molecule has 1 unspecified atom stereocenters. The minimum Gasteiger partial charge on any atom is -0.493 e. The zero-order chi connectivity index (χ0) is 20.4. The molecule has 1 aliphatic carbocycles. The number of aromatic nitrogens is 2. The first kappa shape index (κ1) is 20.2. The Morgan fingerprint density at radius 1 is 1.34 bits per heavy atom. The normalized spacial score (nSPS) is 20.9. The number of aliphatic hydroxyl groups is 1. The molecule has 29 heavy (non-hydrogen) atoms. The van der Waals surface area contributed by atoms with Crippen molar-refractivity contribution in [3.63, 3.8) is 0 Å². The van der Waals surface area contributed by atoms with E-state index in [1.807, 2.05) is 31.2 Å². The molecule has 0 amide bonds. The molecule has 0 radical (unpaired) electrons. The van der Waals surface area contributed by atoms with Crippen molar-refractivity contribution in [1.29, 1.82) is 0 Å². The Morgan fingerprint density at radius 3 is 2.86 bits per heavy atom. The van der Waals surface area contributed by atoms with Crippen LogP contribution in [0.4, 0.5) is 11.8 Å². The van der Waals surface area contributed by atoms with E-state index in [1.165, 1.54) is 0 Å². The zero-order valence-corrected chi connectivity index (χ0v) is 17.4. The summed E-state index contributed by atoms with van der Waals surface area (Å²) in [6.07, 6.45) is 2.90. The molecule has 8 heteroatoms. The maximum Gasteiger partial charge on any atom is 0.222 e. The van der Waals surface area contributed by atoms with Gasteiger partial charge in [0.1, 0.15) is 11.6 Å². The highest BCUT2D eigenvalue weighted by Crippen LogP contribution is 2.45. The maximum atomic E-state index is 9.46. The van der Waals surface area contributed by atoms with Gasteiger partial charge in [-0.2, -0.15) is 4.98 Å². The Bertz CT molecular complexity index is 855. The lowest BCUT2D eigenvalue weighted by molar-refractivity contribution is 0.134. The number of nitrogens with zero attached hydrogens (tertiary/aromatic N) is 3. The van der Waals surface area contributed by atoms with Crippen molar-refractivity contribution in [2.75, 3.05) is 43.6 Å². The fraction of sp³-hybridized carbons (Fsp3) is 0.524. The smallest absolute Gasteiger partial charge is 0.222 e. The summed E-state index contributed by atoms with van der Waals surface area (Å²) in [6.45, 7) is 4.56. The van der Waals surface area contributed by atoms with E-state index < -0.39 is 0 Å². The Kier molecular flexibility index (Phi) is 5.81. The van der Waals surface area contributed by atoms with Crippen LogP contribution in [0.15, 0.2) is 24.3 Å². The number of halogens is 1. The van der Waals surface area contributed by atoms with Gasteiger partial charge >= 0.3 is 0 Å². The van der Waals surface area contributed by atoms with Gasteiger partial charge in [0.15, 0.2) is 0 Å². The monoisotopic (exact) mass is 418 g/mol. The lowest BCUT2D eigenvalue weighted by atomic mass is 10.0. The first-order chi connectivity index (χ1) is 14.0. The standard InChI is InChI=1S/C21H27ClN4O3/c1-14-9-19(25-20(23)24-14)26-7-2-8-28-11-18(26)16-4-3-15(10-17(16)22)29-13-21(12-27)5-6-21/h3-4,9-10,18,27H,2,5-8,11-13H2,1H3,(H2,23,24,25). The second-order valence-corrected chi connectivity index (χ2v) is 8.40. The van der Waals surface area contributed by atoms with Crippen LogP contribution in [0.3, 0.4) is 0 Å². The van der Waals surface area contributed by atoms with Crippen LogP contribution in [0.25, 0.3) is 0 Å². The van der Waals surface area contributed by atoms with E-state index in [0.29, 0.717) is 30.6 Å². The van der Waals surface area contributed by atoms with Crippen molar-refractivity contribution in [1.82, 2.24) is 9.97 Å². The van der Waals surface area contributed by atoms with E-state index in [2.05, 4.69) is 14.9 Å². The number of nitrogen functional groups attached to an aromatic ring is 1. The lowest BCUT2D eigenvalue weighted by Crippen LogP contribution is -2.32. The van der Waals surface area contributed by atoms with Crippen molar-refractivity contribution < 1.29 is 14.6 Å². The third-order valence-electron chi connectivity index (χ3n) is 5.66. The van der Waals surface area contributed by atoms with Gasteiger partial charge < -0.3 is 25.2 Å². The van der Waals surface area contributed by atoms with E-state index in [9.17, 15) is 5.11 Å². The van der Waals surface area contributed by atoms with E-state index >= 15 is 0 Å². The Morgan fingerprint density at radius 2 is 2.17 bits per heavy atom. The summed E-state index contributed by atoms with van der Waals surface area (Å²) in [5, 5.41) is 10.1. The Balaban J connectivity index is 1.58. The summed E-state index contributed by atoms with van der Waals surface area (Å²) >= 11 is 6.66. The minimum absolute atomic E-state index is 0.0676. The van der Waals surface area contributed by atoms with Gasteiger partial charge in [0.25, 0.3) is 0 Å². The number of aliphatic hydroxyl groups excluding tert-OH is 1. The van der Waals surface area contributed by atoms with Crippen LogP contribution in [0.1, 0.15) is 36.6 Å². The molecule has 1 aromatic carbocycles. The van der Waals surface area contributed by atoms with Crippen LogP contribution in [-0.4, -0.2) is 48.0 Å². The van der Waals surface area contributed by atoms with E-state index in [-0.39, 0.29) is 24.0 Å². The molecule has 7 nitrogen and oxygen atoms in total. The van der Waals surface area contributed by atoms with Crippen LogP contribution in [0.5, 0.6) is 5.75 Å². The number of hydrogen-bond acceptors (Lipinski definition) is 7. The molecular formula is C21H27ClN4O3. The van der Waals surface area contributed by atoms with Crippen molar-refractivity contribution in [3.05, 3.63) is 40.5 Å². The predicted molar refractivity (Wildman–Crippen MR) is 112 cm³/mol. The van der Waals surface area contributed by atoms with Crippen LogP contribution >= 0.6 is 11.6 Å². The quantitative estimate of drug-likeness (QED) is 0.744. The highest BCUT2D eigenvalue weighted by molar-refractivity contribution is 6.31. The molecule has 1 saturated heterocycles. The summed E-state index contributed by atoms with van der Waals surface area (Å²) in [5.74, 6) is 1.75. The van der Waals surface area contributed by atoms with Gasteiger partial charge in [-0.3, -0.25) is 0 Å². The van der Waals surface area contributed by atoms with Crippen LogP contribution in [-0.2, 0) is 4.74 Å². The number of rotatable bonds is 6. The number of ether oxygens (including phenoxy) is 2. The highest BCUT2D eigenvalue weighted by atomic mass is 35.5. The first-order valence-corrected chi connectivity index (χ1v) is 10.4. The van der Waals surface area contributed by atoms with Crippen LogP contribution in [0.2, 0.25) is 5.02 Å². The van der Waals surface area contributed by atoms with Gasteiger partial charge in [-0.15, -0.1) is 0 Å².